The van der Waals surface area contributed by atoms with Crippen LogP contribution in [0, 0.1) is 5.41 Å². The van der Waals surface area contributed by atoms with Crippen molar-refractivity contribution in [1.29, 1.82) is 0 Å². The van der Waals surface area contributed by atoms with Gasteiger partial charge in [-0.25, -0.2) is 0 Å². The van der Waals surface area contributed by atoms with Gasteiger partial charge in [0.1, 0.15) is 5.58 Å². The Morgan fingerprint density at radius 3 is 2.74 bits per heavy atom. The first-order valence-corrected chi connectivity index (χ1v) is 9.67. The maximum absolute atomic E-state index is 12.6. The van der Waals surface area contributed by atoms with E-state index in [9.17, 15) is 4.79 Å². The number of carbonyl (C=O) groups is 1. The number of hydrogen-bond acceptors (Lipinski definition) is 4. The SMILES string of the molecule is COCC1(CNC(=O)Cc2coc3cc4c(cc23)CCC4)CCNCC1.Cl. The third-order valence-corrected chi connectivity index (χ3v) is 5.99. The van der Waals surface area contributed by atoms with Crippen LogP contribution < -0.4 is 10.6 Å². The summed E-state index contributed by atoms with van der Waals surface area (Å²) in [7, 11) is 1.74. The topological polar surface area (TPSA) is 63.5 Å². The van der Waals surface area contributed by atoms with Gasteiger partial charge in [0.2, 0.25) is 5.91 Å². The summed E-state index contributed by atoms with van der Waals surface area (Å²) in [5.74, 6) is 0.0576. The van der Waals surface area contributed by atoms with Crippen LogP contribution in [0.5, 0.6) is 0 Å². The van der Waals surface area contributed by atoms with Gasteiger partial charge in [0.05, 0.1) is 19.3 Å². The summed E-state index contributed by atoms with van der Waals surface area (Å²) in [5, 5.41) is 7.62. The number of rotatable bonds is 6. The van der Waals surface area contributed by atoms with E-state index in [-0.39, 0.29) is 23.7 Å². The minimum Gasteiger partial charge on any atom is -0.464 e. The summed E-state index contributed by atoms with van der Waals surface area (Å²) in [6, 6.07) is 4.38. The van der Waals surface area contributed by atoms with Crippen LogP contribution in [-0.4, -0.2) is 39.3 Å². The number of fused-ring (bicyclic) bond motifs is 2. The number of hydrogen-bond donors (Lipinski definition) is 2. The smallest absolute Gasteiger partial charge is 0.224 e. The highest BCUT2D eigenvalue weighted by Crippen LogP contribution is 2.31. The van der Waals surface area contributed by atoms with Gasteiger partial charge in [-0.3, -0.25) is 4.79 Å². The number of nitrogens with one attached hydrogen (secondary N) is 2. The summed E-state index contributed by atoms with van der Waals surface area (Å²) >= 11 is 0. The number of ether oxygens (including phenoxy) is 1. The normalized spacial score (nSPS) is 18.1. The molecule has 0 unspecified atom stereocenters. The van der Waals surface area contributed by atoms with Crippen molar-refractivity contribution in [3.63, 3.8) is 0 Å². The van der Waals surface area contributed by atoms with Gasteiger partial charge in [0, 0.05) is 30.0 Å². The molecule has 5 nitrogen and oxygen atoms in total. The predicted octanol–water partition coefficient (Wildman–Crippen LogP) is 3.02. The largest absolute Gasteiger partial charge is 0.464 e. The lowest BCUT2D eigenvalue weighted by atomic mass is 9.79. The maximum atomic E-state index is 12.6. The number of amides is 1. The summed E-state index contributed by atoms with van der Waals surface area (Å²) in [4.78, 5) is 12.6. The highest BCUT2D eigenvalue weighted by molar-refractivity contribution is 5.88. The van der Waals surface area contributed by atoms with E-state index in [2.05, 4.69) is 22.8 Å². The van der Waals surface area contributed by atoms with Crippen LogP contribution in [-0.2, 0) is 28.8 Å². The zero-order valence-corrected chi connectivity index (χ0v) is 16.8. The summed E-state index contributed by atoms with van der Waals surface area (Å²) < 4.78 is 11.1. The number of benzene rings is 1. The van der Waals surface area contributed by atoms with E-state index in [1.807, 2.05) is 0 Å². The number of aryl methyl sites for hydroxylation is 2. The molecular weight excluding hydrogens is 364 g/mol. The lowest BCUT2D eigenvalue weighted by Crippen LogP contribution is -2.47. The van der Waals surface area contributed by atoms with Crippen molar-refractivity contribution in [2.24, 2.45) is 5.41 Å². The molecule has 0 saturated carbocycles. The minimum atomic E-state index is 0. The molecule has 1 aromatic carbocycles. The van der Waals surface area contributed by atoms with Crippen molar-refractivity contribution in [3.05, 3.63) is 35.1 Å². The van der Waals surface area contributed by atoms with E-state index in [1.165, 1.54) is 17.5 Å². The molecule has 1 saturated heterocycles. The third-order valence-electron chi connectivity index (χ3n) is 5.99. The predicted molar refractivity (Wildman–Crippen MR) is 109 cm³/mol. The van der Waals surface area contributed by atoms with Crippen molar-refractivity contribution in [2.45, 2.75) is 38.5 Å². The van der Waals surface area contributed by atoms with Gasteiger partial charge in [0.15, 0.2) is 0 Å². The van der Waals surface area contributed by atoms with E-state index >= 15 is 0 Å². The average molecular weight is 393 g/mol. The molecule has 0 bridgehead atoms. The second-order valence-electron chi connectivity index (χ2n) is 7.87. The summed E-state index contributed by atoms with van der Waals surface area (Å²) in [6.07, 6.45) is 7.66. The Morgan fingerprint density at radius 2 is 2.00 bits per heavy atom. The van der Waals surface area contributed by atoms with Gasteiger partial charge in [-0.1, -0.05) is 0 Å². The Kier molecular flexibility index (Phi) is 6.45. The minimum absolute atomic E-state index is 0. The van der Waals surface area contributed by atoms with Gasteiger partial charge >= 0.3 is 0 Å². The molecule has 2 aliphatic rings. The van der Waals surface area contributed by atoms with Crippen LogP contribution in [0.2, 0.25) is 0 Å². The number of methoxy groups -OCH3 is 1. The first-order valence-electron chi connectivity index (χ1n) is 9.67. The standard InChI is InChI=1S/C21H28N2O3.ClH/c1-25-14-21(5-7-22-8-6-21)13-23-20(24)11-17-12-26-19-10-16-4-2-3-15(16)9-18(17)19;/h9-10,12,22H,2-8,11,13-14H2,1H3,(H,23,24);1H. The molecule has 1 fully saturated rings. The number of piperidine rings is 1. The second-order valence-corrected chi connectivity index (χ2v) is 7.87. The van der Waals surface area contributed by atoms with E-state index in [0.29, 0.717) is 19.6 Å². The lowest BCUT2D eigenvalue weighted by Gasteiger charge is -2.37. The molecule has 4 rings (SSSR count). The quantitative estimate of drug-likeness (QED) is 0.793. The Morgan fingerprint density at radius 1 is 1.26 bits per heavy atom. The van der Waals surface area contributed by atoms with Crippen molar-refractivity contribution < 1.29 is 13.9 Å². The second kappa shape index (κ2) is 8.63. The number of halogens is 1. The number of furan rings is 1. The maximum Gasteiger partial charge on any atom is 0.224 e. The molecule has 2 aromatic rings. The molecule has 0 radical (unpaired) electrons. The fourth-order valence-electron chi connectivity index (χ4n) is 4.44. The van der Waals surface area contributed by atoms with Crippen LogP contribution >= 0.6 is 12.4 Å². The molecule has 1 amide bonds. The van der Waals surface area contributed by atoms with Gasteiger partial charge < -0.3 is 19.8 Å². The first-order chi connectivity index (χ1) is 12.7. The molecule has 1 aliphatic heterocycles. The van der Waals surface area contributed by atoms with Crippen LogP contribution in [0.25, 0.3) is 11.0 Å². The molecule has 1 aromatic heterocycles. The molecular formula is C21H29ClN2O3. The zero-order chi connectivity index (χ0) is 18.0. The van der Waals surface area contributed by atoms with Crippen LogP contribution in [0.1, 0.15) is 36.0 Å². The Balaban J connectivity index is 0.00000210. The molecule has 0 atom stereocenters. The van der Waals surface area contributed by atoms with Gasteiger partial charge in [0.25, 0.3) is 0 Å². The van der Waals surface area contributed by atoms with E-state index in [1.54, 1.807) is 13.4 Å². The Bertz CT molecular complexity index is 791. The van der Waals surface area contributed by atoms with Crippen LogP contribution in [0.15, 0.2) is 22.8 Å². The third kappa shape index (κ3) is 4.31. The zero-order valence-electron chi connectivity index (χ0n) is 15.9. The van der Waals surface area contributed by atoms with Crippen molar-refractivity contribution in [2.75, 3.05) is 33.4 Å². The van der Waals surface area contributed by atoms with Crippen molar-refractivity contribution >= 4 is 29.3 Å². The van der Waals surface area contributed by atoms with Crippen molar-refractivity contribution in [3.8, 4) is 0 Å². The van der Waals surface area contributed by atoms with Gasteiger partial charge in [-0.05, 0) is 68.5 Å². The first kappa shape index (κ1) is 20.2. The molecule has 0 spiro atoms. The fourth-order valence-corrected chi connectivity index (χ4v) is 4.44. The fraction of sp³-hybridized carbons (Fsp3) is 0.571. The summed E-state index contributed by atoms with van der Waals surface area (Å²) in [6.45, 7) is 3.33. The Hall–Kier alpha value is -1.56. The van der Waals surface area contributed by atoms with Crippen molar-refractivity contribution in [1.82, 2.24) is 10.6 Å². The molecule has 2 heterocycles. The molecule has 6 heteroatoms. The van der Waals surface area contributed by atoms with Gasteiger partial charge in [-0.15, -0.1) is 12.4 Å². The highest BCUT2D eigenvalue weighted by Gasteiger charge is 2.32. The van der Waals surface area contributed by atoms with E-state index in [0.717, 1.165) is 55.3 Å². The molecule has 2 N–H and O–H groups in total. The van der Waals surface area contributed by atoms with Crippen LogP contribution in [0.4, 0.5) is 0 Å². The molecule has 148 valence electrons. The average Bonchev–Trinajstić information content (AvgIpc) is 3.26. The molecule has 27 heavy (non-hydrogen) atoms. The monoisotopic (exact) mass is 392 g/mol. The lowest BCUT2D eigenvalue weighted by molar-refractivity contribution is -0.121. The van der Waals surface area contributed by atoms with Gasteiger partial charge in [-0.2, -0.15) is 0 Å². The molecule has 1 aliphatic carbocycles. The highest BCUT2D eigenvalue weighted by atomic mass is 35.5. The Labute approximate surface area is 166 Å². The summed E-state index contributed by atoms with van der Waals surface area (Å²) in [5.41, 5.74) is 4.75. The van der Waals surface area contributed by atoms with Crippen LogP contribution in [0.3, 0.4) is 0 Å². The van der Waals surface area contributed by atoms with E-state index < -0.39 is 0 Å². The van der Waals surface area contributed by atoms with E-state index in [4.69, 9.17) is 9.15 Å². The number of carbonyl (C=O) groups excluding carboxylic acids is 1.